The Labute approximate surface area is 83.5 Å². The molecule has 2 rings (SSSR count). The highest BCUT2D eigenvalue weighted by atomic mass is 16.3. The molecule has 4 heteroatoms. The van der Waals surface area contributed by atoms with Crippen LogP contribution in [0.5, 0.6) is 0 Å². The predicted molar refractivity (Wildman–Crippen MR) is 50.6 cm³/mol. The van der Waals surface area contributed by atoms with Crippen LogP contribution < -0.4 is 0 Å². The highest BCUT2D eigenvalue weighted by Crippen LogP contribution is 2.26. The molecule has 80 valence electrons. The summed E-state index contributed by atoms with van der Waals surface area (Å²) in [6.07, 6.45) is 3.08. The van der Waals surface area contributed by atoms with Crippen LogP contribution in [0.4, 0.5) is 0 Å². The second-order valence-electron chi connectivity index (χ2n) is 4.32. The number of amides is 1. The molecular weight excluding hydrogens is 182 g/mol. The van der Waals surface area contributed by atoms with E-state index in [-0.39, 0.29) is 18.4 Å². The fraction of sp³-hybridized carbons (Fsp3) is 0.900. The smallest absolute Gasteiger partial charge is 0.225 e. The molecule has 1 heterocycles. The largest absolute Gasteiger partial charge is 0.391 e. The lowest BCUT2D eigenvalue weighted by atomic mass is 9.91. The van der Waals surface area contributed by atoms with E-state index >= 15 is 0 Å². The van der Waals surface area contributed by atoms with Crippen molar-refractivity contribution in [2.24, 2.45) is 0 Å². The van der Waals surface area contributed by atoms with Gasteiger partial charge in [0.25, 0.3) is 0 Å². The van der Waals surface area contributed by atoms with Crippen LogP contribution in [-0.4, -0.2) is 45.8 Å². The quantitative estimate of drug-likeness (QED) is 0.619. The average Bonchev–Trinajstić information content (AvgIpc) is 2.46. The summed E-state index contributed by atoms with van der Waals surface area (Å²) in [6, 6.07) is -0.0478. The zero-order valence-electron chi connectivity index (χ0n) is 8.22. The number of carbonyl (C=O) groups excluding carboxylic acids is 1. The highest BCUT2D eigenvalue weighted by molar-refractivity contribution is 5.79. The molecule has 0 aromatic carbocycles. The van der Waals surface area contributed by atoms with Gasteiger partial charge in [-0.3, -0.25) is 4.79 Å². The molecule has 1 aliphatic carbocycles. The van der Waals surface area contributed by atoms with Crippen LogP contribution in [0.15, 0.2) is 0 Å². The van der Waals surface area contributed by atoms with Crippen molar-refractivity contribution in [3.05, 3.63) is 0 Å². The van der Waals surface area contributed by atoms with Crippen LogP contribution in [0.3, 0.4) is 0 Å². The standard InChI is InChI=1S/C10H17NO3/c12-7-5-10(14)11(6-7)8-3-1-2-4-9(8)13/h7-9,12-13H,1-6H2/t7?,8-,9-/m0/s1. The molecule has 14 heavy (non-hydrogen) atoms. The van der Waals surface area contributed by atoms with E-state index in [4.69, 9.17) is 0 Å². The van der Waals surface area contributed by atoms with Gasteiger partial charge in [-0.2, -0.15) is 0 Å². The lowest BCUT2D eigenvalue weighted by molar-refractivity contribution is -0.133. The molecule has 1 saturated carbocycles. The van der Waals surface area contributed by atoms with Gasteiger partial charge in [0, 0.05) is 6.54 Å². The summed E-state index contributed by atoms with van der Waals surface area (Å²) in [7, 11) is 0. The summed E-state index contributed by atoms with van der Waals surface area (Å²) in [5.41, 5.74) is 0. The van der Waals surface area contributed by atoms with E-state index in [1.807, 2.05) is 0 Å². The third-order valence-electron chi connectivity index (χ3n) is 3.23. The van der Waals surface area contributed by atoms with Gasteiger partial charge in [-0.05, 0) is 12.8 Å². The zero-order valence-corrected chi connectivity index (χ0v) is 8.22. The number of hydrogen-bond acceptors (Lipinski definition) is 3. The van der Waals surface area contributed by atoms with Gasteiger partial charge >= 0.3 is 0 Å². The van der Waals surface area contributed by atoms with Crippen LogP contribution >= 0.6 is 0 Å². The Balaban J connectivity index is 2.02. The summed E-state index contributed by atoms with van der Waals surface area (Å²) in [5, 5.41) is 19.1. The molecule has 0 aromatic heterocycles. The summed E-state index contributed by atoms with van der Waals surface area (Å²) in [6.45, 7) is 0.403. The minimum absolute atomic E-state index is 0.0107. The van der Waals surface area contributed by atoms with Crippen LogP contribution in [0.2, 0.25) is 0 Å². The normalized spacial score (nSPS) is 39.1. The minimum Gasteiger partial charge on any atom is -0.391 e. The molecule has 0 bridgehead atoms. The van der Waals surface area contributed by atoms with E-state index in [2.05, 4.69) is 0 Å². The van der Waals surface area contributed by atoms with E-state index in [0.29, 0.717) is 6.54 Å². The maximum absolute atomic E-state index is 11.5. The molecule has 2 aliphatic rings. The first-order valence-electron chi connectivity index (χ1n) is 5.34. The molecule has 0 aromatic rings. The maximum Gasteiger partial charge on any atom is 0.225 e. The predicted octanol–water partition coefficient (Wildman–Crippen LogP) is -0.117. The van der Waals surface area contributed by atoms with Crippen LogP contribution in [-0.2, 0) is 4.79 Å². The monoisotopic (exact) mass is 199 g/mol. The first kappa shape index (κ1) is 9.93. The summed E-state index contributed by atoms with van der Waals surface area (Å²) in [5.74, 6) is -0.0107. The third-order valence-corrected chi connectivity index (χ3v) is 3.23. The van der Waals surface area contributed by atoms with Gasteiger partial charge in [-0.25, -0.2) is 0 Å². The lowest BCUT2D eigenvalue weighted by Gasteiger charge is -2.35. The highest BCUT2D eigenvalue weighted by Gasteiger charge is 2.37. The van der Waals surface area contributed by atoms with Crippen LogP contribution in [0.25, 0.3) is 0 Å². The average molecular weight is 199 g/mol. The molecule has 1 amide bonds. The van der Waals surface area contributed by atoms with E-state index in [9.17, 15) is 15.0 Å². The van der Waals surface area contributed by atoms with Crippen molar-refractivity contribution in [3.8, 4) is 0 Å². The van der Waals surface area contributed by atoms with Crippen molar-refractivity contribution in [2.45, 2.75) is 50.4 Å². The molecule has 2 fully saturated rings. The van der Waals surface area contributed by atoms with Gasteiger partial charge in [0.2, 0.25) is 5.91 Å². The molecule has 1 aliphatic heterocycles. The number of aliphatic hydroxyl groups excluding tert-OH is 2. The van der Waals surface area contributed by atoms with E-state index in [1.165, 1.54) is 0 Å². The van der Waals surface area contributed by atoms with Crippen molar-refractivity contribution in [3.63, 3.8) is 0 Å². The fourth-order valence-electron chi connectivity index (χ4n) is 2.49. The van der Waals surface area contributed by atoms with Gasteiger partial charge in [0.15, 0.2) is 0 Å². The van der Waals surface area contributed by atoms with Crippen molar-refractivity contribution in [2.75, 3.05) is 6.54 Å². The first-order valence-corrected chi connectivity index (χ1v) is 5.34. The Morgan fingerprint density at radius 1 is 1.21 bits per heavy atom. The number of β-amino-alcohol motifs (C(OH)–C–C–N with tert-alkyl or cyclic N) is 1. The van der Waals surface area contributed by atoms with Gasteiger partial charge in [0.05, 0.1) is 24.7 Å². The Morgan fingerprint density at radius 3 is 2.50 bits per heavy atom. The van der Waals surface area contributed by atoms with Gasteiger partial charge in [-0.15, -0.1) is 0 Å². The summed E-state index contributed by atoms with van der Waals surface area (Å²) >= 11 is 0. The Hall–Kier alpha value is -0.610. The molecule has 0 radical (unpaired) electrons. The van der Waals surface area contributed by atoms with Crippen LogP contribution in [0, 0.1) is 0 Å². The van der Waals surface area contributed by atoms with E-state index < -0.39 is 12.2 Å². The van der Waals surface area contributed by atoms with Gasteiger partial charge in [0.1, 0.15) is 0 Å². The molecule has 2 N–H and O–H groups in total. The molecule has 0 spiro atoms. The zero-order chi connectivity index (χ0) is 10.1. The Kier molecular flexibility index (Phi) is 2.74. The number of nitrogens with zero attached hydrogens (tertiary/aromatic N) is 1. The number of carbonyl (C=O) groups is 1. The van der Waals surface area contributed by atoms with Crippen LogP contribution in [0.1, 0.15) is 32.1 Å². The number of hydrogen-bond donors (Lipinski definition) is 2. The van der Waals surface area contributed by atoms with Crippen molar-refractivity contribution in [1.82, 2.24) is 4.90 Å². The Morgan fingerprint density at radius 2 is 1.93 bits per heavy atom. The Bertz CT molecular complexity index is 231. The van der Waals surface area contributed by atoms with Crippen molar-refractivity contribution < 1.29 is 15.0 Å². The fourth-order valence-corrected chi connectivity index (χ4v) is 2.49. The number of aliphatic hydroxyl groups is 2. The van der Waals surface area contributed by atoms with Gasteiger partial charge < -0.3 is 15.1 Å². The SMILES string of the molecule is O=C1CC(O)CN1[C@H]1CCCC[C@@H]1O. The molecule has 4 nitrogen and oxygen atoms in total. The lowest BCUT2D eigenvalue weighted by Crippen LogP contribution is -2.46. The second kappa shape index (κ2) is 3.87. The number of likely N-dealkylation sites (tertiary alicyclic amines) is 1. The second-order valence-corrected chi connectivity index (χ2v) is 4.32. The molecular formula is C10H17NO3. The first-order chi connectivity index (χ1) is 6.68. The maximum atomic E-state index is 11.5. The third kappa shape index (κ3) is 1.77. The minimum atomic E-state index is -0.531. The van der Waals surface area contributed by atoms with Crippen molar-refractivity contribution >= 4 is 5.91 Å². The molecule has 3 atom stereocenters. The molecule has 1 saturated heterocycles. The van der Waals surface area contributed by atoms with E-state index in [0.717, 1.165) is 25.7 Å². The summed E-state index contributed by atoms with van der Waals surface area (Å²) < 4.78 is 0. The van der Waals surface area contributed by atoms with Crippen molar-refractivity contribution in [1.29, 1.82) is 0 Å². The summed E-state index contributed by atoms with van der Waals surface area (Å²) in [4.78, 5) is 13.1. The van der Waals surface area contributed by atoms with E-state index in [1.54, 1.807) is 4.90 Å². The van der Waals surface area contributed by atoms with Gasteiger partial charge in [-0.1, -0.05) is 12.8 Å². The topological polar surface area (TPSA) is 60.8 Å². The molecule has 1 unspecified atom stereocenters. The number of rotatable bonds is 1.